The van der Waals surface area contributed by atoms with Crippen molar-refractivity contribution in [2.75, 3.05) is 0 Å². The Morgan fingerprint density at radius 2 is 2.43 bits per heavy atom. The van der Waals surface area contributed by atoms with Crippen molar-refractivity contribution >= 4 is 0 Å². The van der Waals surface area contributed by atoms with Crippen LogP contribution in [0, 0.1) is 0 Å². The molecule has 1 heterocycles. The van der Waals surface area contributed by atoms with Gasteiger partial charge in [-0.1, -0.05) is 6.92 Å². The Balaban J connectivity index is 2.39. The van der Waals surface area contributed by atoms with Crippen LogP contribution in [-0.2, 0) is 6.54 Å². The lowest BCUT2D eigenvalue weighted by molar-refractivity contribution is 0.515. The first-order valence-corrected chi connectivity index (χ1v) is 5.00. The molecule has 1 aromatic rings. The van der Waals surface area contributed by atoms with Crippen LogP contribution in [0.1, 0.15) is 26.2 Å². The van der Waals surface area contributed by atoms with Crippen LogP contribution >= 0.6 is 0 Å². The maximum absolute atomic E-state index is 11.3. The number of aryl methyl sites for hydroxylation is 1. The molecule has 0 amide bonds. The van der Waals surface area contributed by atoms with Crippen molar-refractivity contribution in [3.05, 3.63) is 28.9 Å². The molecule has 1 rings (SSSR count). The van der Waals surface area contributed by atoms with Crippen LogP contribution in [0.5, 0.6) is 0 Å². The van der Waals surface area contributed by atoms with Gasteiger partial charge in [0.05, 0.1) is 6.33 Å². The summed E-state index contributed by atoms with van der Waals surface area (Å²) in [5.74, 6) is 0. The molecule has 14 heavy (non-hydrogen) atoms. The third-order valence-electron chi connectivity index (χ3n) is 2.29. The molecule has 78 valence electrons. The number of hydrogen-bond acceptors (Lipinski definition) is 3. The second kappa shape index (κ2) is 5.54. The number of aromatic nitrogens is 2. The fourth-order valence-electron chi connectivity index (χ4n) is 1.27. The molecular formula is C10H17N3O. The Kier molecular flexibility index (Phi) is 4.32. The molecule has 2 N–H and O–H groups in total. The summed E-state index contributed by atoms with van der Waals surface area (Å²) in [4.78, 5) is 15.2. The fraction of sp³-hybridized carbons (Fsp3) is 0.600. The zero-order valence-electron chi connectivity index (χ0n) is 8.52. The minimum atomic E-state index is 0.00469. The average molecular weight is 195 g/mol. The van der Waals surface area contributed by atoms with Gasteiger partial charge in [-0.05, 0) is 19.3 Å². The Morgan fingerprint density at radius 3 is 3.07 bits per heavy atom. The van der Waals surface area contributed by atoms with E-state index in [4.69, 9.17) is 5.73 Å². The summed E-state index contributed by atoms with van der Waals surface area (Å²) in [6.07, 6.45) is 5.96. The minimum absolute atomic E-state index is 0.00469. The number of nitrogens with zero attached hydrogens (tertiary/aromatic N) is 2. The van der Waals surface area contributed by atoms with Crippen LogP contribution < -0.4 is 11.3 Å². The molecule has 4 heteroatoms. The number of rotatable bonds is 5. The number of hydrogen-bond donors (Lipinski definition) is 1. The summed E-state index contributed by atoms with van der Waals surface area (Å²) in [6.45, 7) is 2.78. The zero-order valence-corrected chi connectivity index (χ0v) is 8.52. The third-order valence-corrected chi connectivity index (χ3v) is 2.29. The standard InChI is InChI=1S/C10H17N3O/c1-2-9(11)4-3-7-13-8-12-6-5-10(13)14/h5-6,8-9H,2-4,7,11H2,1H3. The summed E-state index contributed by atoms with van der Waals surface area (Å²) >= 11 is 0. The highest BCUT2D eigenvalue weighted by Gasteiger charge is 1.99. The van der Waals surface area contributed by atoms with Gasteiger partial charge in [-0.2, -0.15) is 0 Å². The summed E-state index contributed by atoms with van der Waals surface area (Å²) in [7, 11) is 0. The highest BCUT2D eigenvalue weighted by molar-refractivity contribution is 4.81. The van der Waals surface area contributed by atoms with Crippen molar-refractivity contribution in [3.8, 4) is 0 Å². The molecule has 0 saturated heterocycles. The maximum atomic E-state index is 11.3. The normalized spacial score (nSPS) is 12.7. The van der Waals surface area contributed by atoms with Crippen LogP contribution in [0.25, 0.3) is 0 Å². The summed E-state index contributed by atoms with van der Waals surface area (Å²) < 4.78 is 1.61. The van der Waals surface area contributed by atoms with Crippen LogP contribution in [-0.4, -0.2) is 15.6 Å². The predicted molar refractivity (Wildman–Crippen MR) is 56.0 cm³/mol. The molecule has 0 bridgehead atoms. The predicted octanol–water partition coefficient (Wildman–Crippen LogP) is 0.761. The molecule has 0 aliphatic rings. The Hall–Kier alpha value is -1.16. The molecule has 0 saturated carbocycles. The largest absolute Gasteiger partial charge is 0.328 e. The van der Waals surface area contributed by atoms with Gasteiger partial charge in [0.2, 0.25) is 0 Å². The highest BCUT2D eigenvalue weighted by Crippen LogP contribution is 1.99. The van der Waals surface area contributed by atoms with Gasteiger partial charge < -0.3 is 5.73 Å². The van der Waals surface area contributed by atoms with E-state index in [-0.39, 0.29) is 11.6 Å². The first-order valence-electron chi connectivity index (χ1n) is 5.00. The van der Waals surface area contributed by atoms with E-state index in [0.717, 1.165) is 19.3 Å². The minimum Gasteiger partial charge on any atom is -0.328 e. The van der Waals surface area contributed by atoms with Crippen molar-refractivity contribution in [2.45, 2.75) is 38.8 Å². The van der Waals surface area contributed by atoms with E-state index in [9.17, 15) is 4.79 Å². The second-order valence-corrected chi connectivity index (χ2v) is 3.42. The van der Waals surface area contributed by atoms with E-state index >= 15 is 0 Å². The molecule has 0 aromatic carbocycles. The van der Waals surface area contributed by atoms with Crippen LogP contribution in [0.2, 0.25) is 0 Å². The van der Waals surface area contributed by atoms with Crippen molar-refractivity contribution < 1.29 is 0 Å². The number of nitrogens with two attached hydrogens (primary N) is 1. The topological polar surface area (TPSA) is 60.9 Å². The molecule has 0 fully saturated rings. The van der Waals surface area contributed by atoms with E-state index in [2.05, 4.69) is 11.9 Å². The average Bonchev–Trinajstić information content (AvgIpc) is 2.20. The van der Waals surface area contributed by atoms with E-state index in [1.54, 1.807) is 10.9 Å². The third kappa shape index (κ3) is 3.30. The lowest BCUT2D eigenvalue weighted by Gasteiger charge is -2.08. The van der Waals surface area contributed by atoms with Gasteiger partial charge in [-0.15, -0.1) is 0 Å². The molecular weight excluding hydrogens is 178 g/mol. The lowest BCUT2D eigenvalue weighted by atomic mass is 10.1. The quantitative estimate of drug-likeness (QED) is 0.754. The molecule has 0 spiro atoms. The van der Waals surface area contributed by atoms with Gasteiger partial charge in [0.15, 0.2) is 0 Å². The maximum Gasteiger partial charge on any atom is 0.253 e. The molecule has 0 aliphatic heterocycles. The summed E-state index contributed by atoms with van der Waals surface area (Å²) in [6, 6.07) is 1.72. The van der Waals surface area contributed by atoms with Crippen molar-refractivity contribution in [1.82, 2.24) is 9.55 Å². The first kappa shape index (κ1) is 10.9. The monoisotopic (exact) mass is 195 g/mol. The lowest BCUT2D eigenvalue weighted by Crippen LogP contribution is -2.22. The van der Waals surface area contributed by atoms with Crippen LogP contribution in [0.15, 0.2) is 23.4 Å². The Morgan fingerprint density at radius 1 is 1.64 bits per heavy atom. The van der Waals surface area contributed by atoms with E-state index < -0.39 is 0 Å². The molecule has 1 atom stereocenters. The van der Waals surface area contributed by atoms with Crippen molar-refractivity contribution in [2.24, 2.45) is 5.73 Å². The molecule has 4 nitrogen and oxygen atoms in total. The summed E-state index contributed by atoms with van der Waals surface area (Å²) in [5, 5.41) is 0. The molecule has 0 radical (unpaired) electrons. The molecule has 1 aromatic heterocycles. The molecule has 1 unspecified atom stereocenters. The second-order valence-electron chi connectivity index (χ2n) is 3.42. The zero-order chi connectivity index (χ0) is 10.4. The van der Waals surface area contributed by atoms with Crippen LogP contribution in [0.3, 0.4) is 0 Å². The fourth-order valence-corrected chi connectivity index (χ4v) is 1.27. The van der Waals surface area contributed by atoms with Gasteiger partial charge in [0.25, 0.3) is 5.56 Å². The Labute approximate surface area is 83.8 Å². The first-order chi connectivity index (χ1) is 6.74. The van der Waals surface area contributed by atoms with Gasteiger partial charge in [-0.3, -0.25) is 9.36 Å². The summed E-state index contributed by atoms with van der Waals surface area (Å²) in [5.41, 5.74) is 5.78. The van der Waals surface area contributed by atoms with Gasteiger partial charge in [0, 0.05) is 24.8 Å². The van der Waals surface area contributed by atoms with E-state index in [1.165, 1.54) is 12.3 Å². The Bertz CT molecular complexity index is 321. The van der Waals surface area contributed by atoms with Gasteiger partial charge >= 0.3 is 0 Å². The van der Waals surface area contributed by atoms with E-state index in [0.29, 0.717) is 6.54 Å². The SMILES string of the molecule is CCC(N)CCCn1cnccc1=O. The highest BCUT2D eigenvalue weighted by atomic mass is 16.1. The van der Waals surface area contributed by atoms with Gasteiger partial charge in [0.1, 0.15) is 0 Å². The van der Waals surface area contributed by atoms with Crippen molar-refractivity contribution in [1.29, 1.82) is 0 Å². The molecule has 0 aliphatic carbocycles. The smallest absolute Gasteiger partial charge is 0.253 e. The van der Waals surface area contributed by atoms with Crippen molar-refractivity contribution in [3.63, 3.8) is 0 Å². The van der Waals surface area contributed by atoms with E-state index in [1.807, 2.05) is 0 Å². The van der Waals surface area contributed by atoms with Crippen LogP contribution in [0.4, 0.5) is 0 Å². The van der Waals surface area contributed by atoms with Gasteiger partial charge in [-0.25, -0.2) is 4.98 Å².